The lowest BCUT2D eigenvalue weighted by molar-refractivity contribution is 0.584. The summed E-state index contributed by atoms with van der Waals surface area (Å²) >= 11 is 0. The minimum Gasteiger partial charge on any atom is -0.247 e. The second-order valence-electron chi connectivity index (χ2n) is 15.4. The Labute approximate surface area is 321 Å². The molecule has 0 aliphatic carbocycles. The molecule has 0 fully saturated rings. The van der Waals surface area contributed by atoms with Gasteiger partial charge in [-0.1, -0.05) is 159 Å². The average Bonchev–Trinajstić information content (AvgIpc) is 3.15. The first-order valence-electron chi connectivity index (χ1n) is 18.9. The Balaban J connectivity index is 1.26. The van der Waals surface area contributed by atoms with Crippen molar-refractivity contribution in [3.05, 3.63) is 178 Å². The van der Waals surface area contributed by atoms with E-state index in [1.165, 1.54) is 61.9 Å². The zero-order valence-electron chi connectivity index (χ0n) is 32.0. The second-order valence-corrected chi connectivity index (χ2v) is 15.4. The van der Waals surface area contributed by atoms with E-state index >= 15 is 0 Å². The van der Waals surface area contributed by atoms with E-state index in [9.17, 15) is 8.78 Å². The molecular weight excluding hydrogens is 675 g/mol. The predicted octanol–water partition coefficient (Wildman–Crippen LogP) is 11.7. The molecule has 0 saturated carbocycles. The van der Waals surface area contributed by atoms with Gasteiger partial charge in [-0.2, -0.15) is 0 Å². The highest BCUT2D eigenvalue weighted by Gasteiger charge is 2.28. The van der Waals surface area contributed by atoms with Crippen LogP contribution in [-0.2, 0) is 0 Å². The summed E-state index contributed by atoms with van der Waals surface area (Å²) in [6, 6.07) is 44.9. The number of aromatic nitrogens is 1. The normalized spacial score (nSPS) is 11.6. The summed E-state index contributed by atoms with van der Waals surface area (Å²) in [6.07, 6.45) is 0. The van der Waals surface area contributed by atoms with E-state index in [1.54, 1.807) is 0 Å². The lowest BCUT2D eigenvalue weighted by Crippen LogP contribution is -2.55. The monoisotopic (exact) mass is 715 g/mol. The molecule has 0 bridgehead atoms. The van der Waals surface area contributed by atoms with E-state index in [0.717, 1.165) is 60.4 Å². The van der Waals surface area contributed by atoms with E-state index in [4.69, 9.17) is 4.98 Å². The highest BCUT2D eigenvalue weighted by molar-refractivity contribution is 6.96. The molecule has 9 aromatic rings. The quantitative estimate of drug-likeness (QED) is 0.128. The van der Waals surface area contributed by atoms with Crippen molar-refractivity contribution in [3.8, 4) is 22.4 Å². The number of benzene rings is 8. The molecule has 0 unspecified atom stereocenters. The lowest BCUT2D eigenvalue weighted by Gasteiger charge is -2.24. The largest absolute Gasteiger partial charge is 0.247 e. The Bertz CT molecular complexity index is 2890. The molecule has 8 aromatic carbocycles. The molecule has 0 aliphatic heterocycles. The van der Waals surface area contributed by atoms with Gasteiger partial charge in [0.15, 0.2) is 0 Å². The van der Waals surface area contributed by atoms with E-state index in [-0.39, 0.29) is 6.71 Å². The zero-order chi connectivity index (χ0) is 38.1. The Morgan fingerprint density at radius 3 is 1.42 bits per heavy atom. The molecule has 0 radical (unpaired) electrons. The topological polar surface area (TPSA) is 12.9 Å². The standard InChI is InChI=1S/C51H40BF2N/c1-29-21-31(3)49(32(4)22-29)52(50-33(5)23-30(2)24-34(50)6)38-18-15-35(16-19-38)36-17-20-45-46(27-36)55-51(37-25-39(53)28-40(54)26-37)48-44-14-10-8-12-42(44)41-11-7-9-13-43(41)47(45)48/h7-28H,1-6H3. The molecule has 0 atom stereocenters. The highest BCUT2D eigenvalue weighted by Crippen LogP contribution is 2.43. The zero-order valence-corrected chi connectivity index (χ0v) is 32.0. The Morgan fingerprint density at radius 2 is 0.891 bits per heavy atom. The highest BCUT2D eigenvalue weighted by atomic mass is 19.1. The molecule has 1 aromatic heterocycles. The van der Waals surface area contributed by atoms with Gasteiger partial charge < -0.3 is 0 Å². The molecule has 4 heteroatoms. The van der Waals surface area contributed by atoms with Crippen LogP contribution in [0.2, 0.25) is 0 Å². The van der Waals surface area contributed by atoms with E-state index in [2.05, 4.69) is 139 Å². The van der Waals surface area contributed by atoms with Crippen LogP contribution in [0.25, 0.3) is 65.6 Å². The Kier molecular flexibility index (Phi) is 8.39. The predicted molar refractivity (Wildman–Crippen MR) is 231 cm³/mol. The fourth-order valence-electron chi connectivity index (χ4n) is 9.40. The van der Waals surface area contributed by atoms with Crippen LogP contribution in [0.4, 0.5) is 8.78 Å². The molecule has 0 spiro atoms. The van der Waals surface area contributed by atoms with Gasteiger partial charge >= 0.3 is 0 Å². The van der Waals surface area contributed by atoms with Gasteiger partial charge in [-0.3, -0.25) is 0 Å². The summed E-state index contributed by atoms with van der Waals surface area (Å²) in [7, 11) is 0. The van der Waals surface area contributed by atoms with Crippen molar-refractivity contribution >= 4 is 66.3 Å². The van der Waals surface area contributed by atoms with E-state index in [1.807, 2.05) is 18.2 Å². The fourth-order valence-corrected chi connectivity index (χ4v) is 9.40. The molecule has 1 nitrogen and oxygen atoms in total. The summed E-state index contributed by atoms with van der Waals surface area (Å²) in [6.45, 7) is 13.4. The lowest BCUT2D eigenvalue weighted by atomic mass is 9.34. The molecule has 266 valence electrons. The van der Waals surface area contributed by atoms with Crippen LogP contribution in [0.3, 0.4) is 0 Å². The molecular formula is C51H40BF2N. The first kappa shape index (κ1) is 34.6. The number of hydrogen-bond acceptors (Lipinski definition) is 1. The molecule has 0 amide bonds. The second kappa shape index (κ2) is 13.3. The van der Waals surface area contributed by atoms with Crippen molar-refractivity contribution in [2.75, 3.05) is 0 Å². The molecule has 1 heterocycles. The van der Waals surface area contributed by atoms with Crippen LogP contribution in [-0.4, -0.2) is 11.7 Å². The van der Waals surface area contributed by atoms with Crippen LogP contribution >= 0.6 is 0 Å². The van der Waals surface area contributed by atoms with Gasteiger partial charge in [-0.25, -0.2) is 13.8 Å². The number of pyridine rings is 1. The maximum absolute atomic E-state index is 14.8. The smallest absolute Gasteiger partial charge is 0.242 e. The summed E-state index contributed by atoms with van der Waals surface area (Å²) < 4.78 is 29.7. The number of hydrogen-bond donors (Lipinski definition) is 0. The fraction of sp³-hybridized carbons (Fsp3) is 0.118. The number of rotatable bonds is 5. The van der Waals surface area contributed by atoms with Gasteiger partial charge in [0.1, 0.15) is 11.6 Å². The number of nitrogens with zero attached hydrogens (tertiary/aromatic N) is 1. The van der Waals surface area contributed by atoms with E-state index in [0.29, 0.717) is 11.3 Å². The Hall–Kier alpha value is -6.13. The minimum atomic E-state index is -0.630. The maximum atomic E-state index is 14.8. The van der Waals surface area contributed by atoms with E-state index < -0.39 is 11.6 Å². The first-order valence-corrected chi connectivity index (χ1v) is 18.9. The van der Waals surface area contributed by atoms with Crippen LogP contribution < -0.4 is 16.4 Å². The average molecular weight is 716 g/mol. The van der Waals surface area contributed by atoms with Crippen molar-refractivity contribution in [2.45, 2.75) is 41.5 Å². The van der Waals surface area contributed by atoms with Gasteiger partial charge in [-0.15, -0.1) is 0 Å². The van der Waals surface area contributed by atoms with Crippen LogP contribution in [0.5, 0.6) is 0 Å². The molecule has 0 N–H and O–H groups in total. The Morgan fingerprint density at radius 1 is 0.418 bits per heavy atom. The van der Waals surface area contributed by atoms with Gasteiger partial charge in [0.2, 0.25) is 6.71 Å². The summed E-state index contributed by atoms with van der Waals surface area (Å²) in [4.78, 5) is 5.24. The third kappa shape index (κ3) is 5.88. The van der Waals surface area contributed by atoms with Crippen LogP contribution in [0.1, 0.15) is 33.4 Å². The number of aryl methyl sites for hydroxylation is 6. The summed E-state index contributed by atoms with van der Waals surface area (Å²) in [5.74, 6) is -1.26. The number of fused-ring (bicyclic) bond motifs is 8. The molecule has 0 aliphatic rings. The molecule has 55 heavy (non-hydrogen) atoms. The van der Waals surface area contributed by atoms with Gasteiger partial charge in [-0.05, 0) is 92.4 Å². The van der Waals surface area contributed by atoms with Gasteiger partial charge in [0.05, 0.1) is 11.2 Å². The third-order valence-electron chi connectivity index (χ3n) is 11.4. The maximum Gasteiger partial charge on any atom is 0.242 e. The van der Waals surface area contributed by atoms with Crippen molar-refractivity contribution < 1.29 is 8.78 Å². The summed E-state index contributed by atoms with van der Waals surface area (Å²) in [5.41, 5.74) is 15.5. The first-order chi connectivity index (χ1) is 26.5. The molecule has 9 rings (SSSR count). The number of halogens is 2. The van der Waals surface area contributed by atoms with Crippen molar-refractivity contribution in [2.24, 2.45) is 0 Å². The van der Waals surface area contributed by atoms with Crippen molar-refractivity contribution in [3.63, 3.8) is 0 Å². The van der Waals surface area contributed by atoms with Crippen molar-refractivity contribution in [1.82, 2.24) is 4.98 Å². The third-order valence-corrected chi connectivity index (χ3v) is 11.4. The molecule has 0 saturated heterocycles. The minimum absolute atomic E-state index is 0.0808. The van der Waals surface area contributed by atoms with Crippen molar-refractivity contribution in [1.29, 1.82) is 0 Å². The van der Waals surface area contributed by atoms with Crippen LogP contribution in [0.15, 0.2) is 133 Å². The van der Waals surface area contributed by atoms with Gasteiger partial charge in [0, 0.05) is 27.8 Å². The van der Waals surface area contributed by atoms with Crippen LogP contribution in [0, 0.1) is 53.2 Å². The summed E-state index contributed by atoms with van der Waals surface area (Å²) in [5, 5.41) is 7.18. The SMILES string of the molecule is Cc1cc(C)c(B(c2ccc(-c3ccc4c(c3)nc(-c3cc(F)cc(F)c3)c3c5ccccc5c5ccccc5c43)cc2)c2c(C)cc(C)cc2C)c(C)c1. The van der Waals surface area contributed by atoms with Gasteiger partial charge in [0.25, 0.3) is 0 Å².